The molecular weight excluding hydrogens is 436 g/mol. The predicted molar refractivity (Wildman–Crippen MR) is 125 cm³/mol. The first-order valence-electron chi connectivity index (χ1n) is 11.0. The zero-order valence-electron chi connectivity index (χ0n) is 18.4. The van der Waals surface area contributed by atoms with Crippen LogP contribution < -0.4 is 0 Å². The van der Waals surface area contributed by atoms with Crippen molar-refractivity contribution in [2.45, 2.75) is 38.5 Å². The van der Waals surface area contributed by atoms with Crippen LogP contribution in [-0.4, -0.2) is 34.3 Å². The molecule has 0 amide bonds. The number of hydrogen-bond donors (Lipinski definition) is 1. The molecule has 2 aromatic carbocycles. The monoisotopic (exact) mass is 460 g/mol. The maximum atomic E-state index is 13.8. The van der Waals surface area contributed by atoms with Crippen molar-refractivity contribution in [2.75, 3.05) is 6.61 Å². The van der Waals surface area contributed by atoms with E-state index in [0.717, 1.165) is 6.42 Å². The first-order valence-corrected chi connectivity index (χ1v) is 11.9. The number of hydrogen-bond acceptors (Lipinski definition) is 7. The van der Waals surface area contributed by atoms with Crippen LogP contribution in [0.25, 0.3) is 0 Å². The maximum Gasteiger partial charge on any atom is 0.362 e. The average Bonchev–Trinajstić information content (AvgIpc) is 3.28. The Morgan fingerprint density at radius 2 is 1.73 bits per heavy atom. The molecule has 6 rings (SSSR count). The lowest BCUT2D eigenvalue weighted by molar-refractivity contribution is -0.135. The zero-order chi connectivity index (χ0) is 23.2. The van der Waals surface area contributed by atoms with Gasteiger partial charge in [0.2, 0.25) is 5.71 Å². The number of Topliss-reactive ketones (excluding diaryl/α,β-unsaturated/α-hetero) is 1. The van der Waals surface area contributed by atoms with Crippen molar-refractivity contribution in [2.24, 2.45) is 10.6 Å². The van der Waals surface area contributed by atoms with Crippen LogP contribution in [-0.2, 0) is 20.7 Å². The average molecular weight is 461 g/mol. The minimum absolute atomic E-state index is 0.00377. The fraction of sp³-hybridized carbons (Fsp3) is 0.308. The maximum absolute atomic E-state index is 13.8. The fourth-order valence-corrected chi connectivity index (χ4v) is 6.25. The third-order valence-corrected chi connectivity index (χ3v) is 7.79. The Kier molecular flexibility index (Phi) is 5.37. The van der Waals surface area contributed by atoms with Crippen molar-refractivity contribution in [1.29, 1.82) is 0 Å². The molecule has 0 radical (unpaired) electrons. The first kappa shape index (κ1) is 21.5. The SMILES string of the molecule is CCOC(=O)/C(=N/O)c1csc(CC(=O)C2(C)CC3c4ccccc4C2c2ccccc23)n1. The summed E-state index contributed by atoms with van der Waals surface area (Å²) in [6.45, 7) is 3.91. The molecule has 0 saturated carbocycles. The highest BCUT2D eigenvalue weighted by molar-refractivity contribution is 7.10. The van der Waals surface area contributed by atoms with E-state index in [2.05, 4.69) is 53.5 Å². The van der Waals surface area contributed by atoms with E-state index in [1.54, 1.807) is 12.3 Å². The molecule has 3 aromatic rings. The predicted octanol–water partition coefficient (Wildman–Crippen LogP) is 4.68. The number of rotatable bonds is 6. The van der Waals surface area contributed by atoms with Gasteiger partial charge in [0.1, 0.15) is 16.5 Å². The molecule has 1 atom stereocenters. The second-order valence-corrected chi connectivity index (χ2v) is 9.70. The first-order chi connectivity index (χ1) is 16.0. The van der Waals surface area contributed by atoms with Gasteiger partial charge >= 0.3 is 5.97 Å². The molecule has 1 unspecified atom stereocenters. The summed E-state index contributed by atoms with van der Waals surface area (Å²) < 4.78 is 4.92. The highest BCUT2D eigenvalue weighted by Crippen LogP contribution is 2.61. The molecule has 7 heteroatoms. The van der Waals surface area contributed by atoms with Crippen LogP contribution in [0.15, 0.2) is 59.1 Å². The summed E-state index contributed by atoms with van der Waals surface area (Å²) in [5.41, 5.74) is 4.52. The van der Waals surface area contributed by atoms with E-state index in [1.807, 2.05) is 12.1 Å². The fourth-order valence-electron chi connectivity index (χ4n) is 5.48. The summed E-state index contributed by atoms with van der Waals surface area (Å²) in [5.74, 6) is -0.426. The van der Waals surface area contributed by atoms with Gasteiger partial charge in [-0.05, 0) is 35.6 Å². The van der Waals surface area contributed by atoms with E-state index >= 15 is 0 Å². The summed E-state index contributed by atoms with van der Waals surface area (Å²) in [7, 11) is 0. The molecule has 1 N–H and O–H groups in total. The molecule has 1 aromatic heterocycles. The topological polar surface area (TPSA) is 88.9 Å². The van der Waals surface area contributed by atoms with Gasteiger partial charge in [0.05, 0.1) is 13.0 Å². The normalized spacial score (nSPS) is 23.0. The molecule has 6 nitrogen and oxygen atoms in total. The van der Waals surface area contributed by atoms with Crippen LogP contribution in [0.1, 0.15) is 65.1 Å². The largest absolute Gasteiger partial charge is 0.461 e. The third kappa shape index (κ3) is 3.38. The van der Waals surface area contributed by atoms with Gasteiger partial charge in [0, 0.05) is 22.6 Å². The summed E-state index contributed by atoms with van der Waals surface area (Å²) in [4.78, 5) is 30.2. The number of oxime groups is 1. The lowest BCUT2D eigenvalue weighted by atomic mass is 9.51. The lowest BCUT2D eigenvalue weighted by Crippen LogP contribution is -2.45. The lowest BCUT2D eigenvalue weighted by Gasteiger charge is -2.51. The Morgan fingerprint density at radius 3 is 2.30 bits per heavy atom. The molecule has 1 heterocycles. The Bertz CT molecular complexity index is 1230. The number of esters is 1. The van der Waals surface area contributed by atoms with E-state index < -0.39 is 11.4 Å². The number of carbonyl (C=O) groups is 2. The minimum Gasteiger partial charge on any atom is -0.461 e. The number of aromatic nitrogens is 1. The molecule has 33 heavy (non-hydrogen) atoms. The molecule has 0 fully saturated rings. The van der Waals surface area contributed by atoms with Crippen LogP contribution in [0.5, 0.6) is 0 Å². The Morgan fingerprint density at radius 1 is 1.12 bits per heavy atom. The standard InChI is InChI=1S/C26H24N2O4S/c1-3-32-25(30)24(28-31)20-14-33-22(27-20)12-21(29)26(2)13-19-15-8-4-6-10-17(15)23(26)18-11-7-5-9-16(18)19/h4-11,14,19,23,31H,3,12-13H2,1-2H3/b28-24+. The van der Waals surface area contributed by atoms with Gasteiger partial charge in [0.25, 0.3) is 0 Å². The molecule has 0 spiro atoms. The van der Waals surface area contributed by atoms with Gasteiger partial charge in [-0.25, -0.2) is 9.78 Å². The summed E-state index contributed by atoms with van der Waals surface area (Å²) >= 11 is 1.28. The number of fused-ring (bicyclic) bond motifs is 1. The quantitative estimate of drug-likeness (QED) is 0.250. The smallest absolute Gasteiger partial charge is 0.362 e. The van der Waals surface area contributed by atoms with Crippen LogP contribution >= 0.6 is 11.3 Å². The van der Waals surface area contributed by atoms with E-state index in [4.69, 9.17) is 4.74 Å². The second kappa shape index (κ2) is 8.23. The van der Waals surface area contributed by atoms with E-state index in [0.29, 0.717) is 5.01 Å². The molecule has 0 aliphatic heterocycles. The van der Waals surface area contributed by atoms with Crippen LogP contribution in [0.2, 0.25) is 0 Å². The molecule has 3 aliphatic rings. The summed E-state index contributed by atoms with van der Waals surface area (Å²) in [6.07, 6.45) is 0.922. The van der Waals surface area contributed by atoms with Crippen LogP contribution in [0.4, 0.5) is 0 Å². The van der Waals surface area contributed by atoms with Crippen LogP contribution in [0.3, 0.4) is 0 Å². The van der Waals surface area contributed by atoms with Crippen LogP contribution in [0, 0.1) is 5.41 Å². The number of ether oxygens (including phenoxy) is 1. The van der Waals surface area contributed by atoms with Crippen molar-refractivity contribution in [3.63, 3.8) is 0 Å². The number of thiazole rings is 1. The second-order valence-electron chi connectivity index (χ2n) is 8.76. The van der Waals surface area contributed by atoms with Gasteiger partial charge < -0.3 is 9.94 Å². The van der Waals surface area contributed by atoms with Crippen molar-refractivity contribution in [1.82, 2.24) is 4.98 Å². The van der Waals surface area contributed by atoms with Gasteiger partial charge in [-0.3, -0.25) is 4.79 Å². The van der Waals surface area contributed by atoms with Crippen molar-refractivity contribution in [3.05, 3.63) is 86.9 Å². The summed E-state index contributed by atoms with van der Waals surface area (Å²) in [6, 6.07) is 16.9. The Hall–Kier alpha value is -3.32. The zero-order valence-corrected chi connectivity index (χ0v) is 19.3. The van der Waals surface area contributed by atoms with Gasteiger partial charge in [0.15, 0.2) is 0 Å². The van der Waals surface area contributed by atoms with Gasteiger partial charge in [-0.1, -0.05) is 60.6 Å². The third-order valence-electron chi connectivity index (χ3n) is 6.94. The van der Waals surface area contributed by atoms with Gasteiger partial charge in [-0.15, -0.1) is 11.3 Å². The Labute approximate surface area is 195 Å². The molecular formula is C26H24N2O4S. The number of benzene rings is 2. The van der Waals surface area contributed by atoms with E-state index in [9.17, 15) is 14.8 Å². The number of carbonyl (C=O) groups excluding carboxylic acids is 2. The molecule has 2 bridgehead atoms. The number of nitrogens with zero attached hydrogens (tertiary/aromatic N) is 2. The highest BCUT2D eigenvalue weighted by atomic mass is 32.1. The molecule has 0 saturated heterocycles. The molecule has 3 aliphatic carbocycles. The highest BCUT2D eigenvalue weighted by Gasteiger charge is 2.53. The van der Waals surface area contributed by atoms with Crippen molar-refractivity contribution < 1.29 is 19.5 Å². The number of ketones is 1. The summed E-state index contributed by atoms with van der Waals surface area (Å²) in [5, 5.41) is 14.5. The van der Waals surface area contributed by atoms with Crippen molar-refractivity contribution in [3.8, 4) is 0 Å². The van der Waals surface area contributed by atoms with Gasteiger partial charge in [-0.2, -0.15) is 0 Å². The Balaban J connectivity index is 1.46. The van der Waals surface area contributed by atoms with E-state index in [-0.39, 0.29) is 42.1 Å². The minimum atomic E-state index is -0.743. The van der Waals surface area contributed by atoms with E-state index in [1.165, 1.54) is 33.6 Å². The van der Waals surface area contributed by atoms with Crippen molar-refractivity contribution >= 4 is 28.8 Å². The molecule has 168 valence electrons.